The molecule has 26 heavy (non-hydrogen) atoms. The second-order valence-electron chi connectivity index (χ2n) is 6.24. The standard InChI is InChI=1S/C17H12BrClN4O3/c18-9-1-2-11-12(5-9)17(3-4-17)15(26)23(14(11)25)8-13(24)22-16-20-6-10(19)7-21-16/h1-2,5-7H,3-4,8H2,(H,20,21,22,24). The molecule has 2 aromatic rings. The average Bonchev–Trinajstić information content (AvgIpc) is 3.41. The first-order chi connectivity index (χ1) is 12.4. The minimum atomic E-state index is -0.690. The maximum Gasteiger partial charge on any atom is 0.261 e. The van der Waals surface area contributed by atoms with E-state index in [-0.39, 0.29) is 18.4 Å². The largest absolute Gasteiger partial charge is 0.293 e. The van der Waals surface area contributed by atoms with Crippen LogP contribution in [0.3, 0.4) is 0 Å². The molecule has 1 saturated carbocycles. The van der Waals surface area contributed by atoms with Gasteiger partial charge in [0.15, 0.2) is 0 Å². The Hall–Kier alpha value is -2.32. The molecule has 1 aromatic carbocycles. The fourth-order valence-corrected chi connectivity index (χ4v) is 3.61. The van der Waals surface area contributed by atoms with Crippen molar-refractivity contribution >= 4 is 51.2 Å². The second-order valence-corrected chi connectivity index (χ2v) is 7.59. The Kier molecular flexibility index (Phi) is 4.04. The van der Waals surface area contributed by atoms with E-state index < -0.39 is 17.2 Å². The van der Waals surface area contributed by atoms with E-state index in [4.69, 9.17) is 11.6 Å². The molecule has 7 nitrogen and oxygen atoms in total. The number of nitrogens with one attached hydrogen (secondary N) is 1. The molecule has 1 fully saturated rings. The van der Waals surface area contributed by atoms with Crippen molar-refractivity contribution in [3.63, 3.8) is 0 Å². The summed E-state index contributed by atoms with van der Waals surface area (Å²) < 4.78 is 0.814. The predicted molar refractivity (Wildman–Crippen MR) is 96.8 cm³/mol. The maximum atomic E-state index is 12.9. The third-order valence-corrected chi connectivity index (χ3v) is 5.24. The zero-order valence-corrected chi connectivity index (χ0v) is 15.7. The monoisotopic (exact) mass is 434 g/mol. The van der Waals surface area contributed by atoms with E-state index >= 15 is 0 Å². The number of halogens is 2. The fourth-order valence-electron chi connectivity index (χ4n) is 3.15. The van der Waals surface area contributed by atoms with Gasteiger partial charge in [0.1, 0.15) is 6.54 Å². The summed E-state index contributed by atoms with van der Waals surface area (Å²) in [5.74, 6) is -1.30. The number of fused-ring (bicyclic) bond motifs is 2. The van der Waals surface area contributed by atoms with Gasteiger partial charge in [0.25, 0.3) is 5.91 Å². The number of hydrogen-bond donors (Lipinski definition) is 1. The van der Waals surface area contributed by atoms with Crippen LogP contribution in [-0.2, 0) is 15.0 Å². The molecule has 0 saturated heterocycles. The average molecular weight is 436 g/mol. The van der Waals surface area contributed by atoms with Gasteiger partial charge >= 0.3 is 0 Å². The molecule has 0 radical (unpaired) electrons. The molecule has 4 rings (SSSR count). The van der Waals surface area contributed by atoms with Crippen LogP contribution in [0.25, 0.3) is 0 Å². The third kappa shape index (κ3) is 2.79. The van der Waals surface area contributed by atoms with E-state index in [2.05, 4.69) is 31.2 Å². The van der Waals surface area contributed by atoms with Gasteiger partial charge in [-0.15, -0.1) is 0 Å². The van der Waals surface area contributed by atoms with Crippen LogP contribution in [0.15, 0.2) is 35.1 Å². The van der Waals surface area contributed by atoms with E-state index in [0.29, 0.717) is 23.4 Å². The van der Waals surface area contributed by atoms with Crippen molar-refractivity contribution in [1.29, 1.82) is 0 Å². The molecule has 9 heteroatoms. The smallest absolute Gasteiger partial charge is 0.261 e. The number of amides is 3. The van der Waals surface area contributed by atoms with Crippen LogP contribution < -0.4 is 5.32 Å². The van der Waals surface area contributed by atoms with Crippen LogP contribution >= 0.6 is 27.5 Å². The highest BCUT2D eigenvalue weighted by Gasteiger charge is 2.58. The number of carbonyl (C=O) groups is 3. The van der Waals surface area contributed by atoms with E-state index in [9.17, 15) is 14.4 Å². The van der Waals surface area contributed by atoms with Crippen molar-refractivity contribution < 1.29 is 14.4 Å². The Morgan fingerprint density at radius 3 is 2.62 bits per heavy atom. The molecule has 1 aliphatic heterocycles. The van der Waals surface area contributed by atoms with Gasteiger partial charge in [-0.1, -0.05) is 27.5 Å². The molecule has 1 aromatic heterocycles. The fraction of sp³-hybridized carbons (Fsp3) is 0.235. The SMILES string of the molecule is O=C(CN1C(=O)c2ccc(Br)cc2C2(CC2)C1=O)Nc1ncc(Cl)cn1. The number of nitrogens with zero attached hydrogens (tertiary/aromatic N) is 3. The molecule has 2 aliphatic rings. The lowest BCUT2D eigenvalue weighted by Gasteiger charge is -2.32. The van der Waals surface area contributed by atoms with Gasteiger partial charge in [0.05, 0.1) is 22.8 Å². The molecule has 2 heterocycles. The lowest BCUT2D eigenvalue weighted by atomic mass is 9.85. The highest BCUT2D eigenvalue weighted by molar-refractivity contribution is 9.10. The van der Waals surface area contributed by atoms with Crippen LogP contribution in [0.5, 0.6) is 0 Å². The number of rotatable bonds is 3. The zero-order valence-electron chi connectivity index (χ0n) is 13.3. The Labute approximate surface area is 161 Å². The van der Waals surface area contributed by atoms with Crippen LogP contribution in [-0.4, -0.2) is 39.1 Å². The summed E-state index contributed by atoms with van der Waals surface area (Å²) in [7, 11) is 0. The molecule has 1 aliphatic carbocycles. The number of anilines is 1. The van der Waals surface area contributed by atoms with Crippen LogP contribution in [0.2, 0.25) is 5.02 Å². The van der Waals surface area contributed by atoms with Crippen molar-refractivity contribution in [1.82, 2.24) is 14.9 Å². The van der Waals surface area contributed by atoms with E-state index in [1.807, 2.05) is 6.07 Å². The third-order valence-electron chi connectivity index (χ3n) is 4.55. The quantitative estimate of drug-likeness (QED) is 0.748. The Morgan fingerprint density at radius 1 is 1.27 bits per heavy atom. The molecule has 0 atom stereocenters. The minimum absolute atomic E-state index is 0.0572. The summed E-state index contributed by atoms with van der Waals surface area (Å²) in [6, 6.07) is 5.25. The maximum absolute atomic E-state index is 12.9. The summed E-state index contributed by atoms with van der Waals surface area (Å²) in [6.45, 7) is -0.388. The van der Waals surface area contributed by atoms with Crippen LogP contribution in [0.1, 0.15) is 28.8 Å². The van der Waals surface area contributed by atoms with Gasteiger partial charge in [0.2, 0.25) is 17.8 Å². The Morgan fingerprint density at radius 2 is 1.96 bits per heavy atom. The van der Waals surface area contributed by atoms with Crippen molar-refractivity contribution in [3.05, 3.63) is 51.2 Å². The molecule has 3 amide bonds. The lowest BCUT2D eigenvalue weighted by molar-refractivity contribution is -0.134. The van der Waals surface area contributed by atoms with Gasteiger partial charge in [0, 0.05) is 10.0 Å². The van der Waals surface area contributed by atoms with Crippen LogP contribution in [0, 0.1) is 0 Å². The molecule has 0 bridgehead atoms. The summed E-state index contributed by atoms with van der Waals surface area (Å²) >= 11 is 9.08. The summed E-state index contributed by atoms with van der Waals surface area (Å²) in [6.07, 6.45) is 4.02. The normalized spacial score (nSPS) is 17.2. The van der Waals surface area contributed by atoms with Gasteiger partial charge < -0.3 is 0 Å². The van der Waals surface area contributed by atoms with Crippen molar-refractivity contribution in [2.45, 2.75) is 18.3 Å². The first-order valence-corrected chi connectivity index (χ1v) is 9.01. The number of carbonyl (C=O) groups excluding carboxylic acids is 3. The van der Waals surface area contributed by atoms with Gasteiger partial charge in [-0.25, -0.2) is 9.97 Å². The molecule has 1 N–H and O–H groups in total. The summed E-state index contributed by atoms with van der Waals surface area (Å²) in [5, 5.41) is 2.80. The van der Waals surface area contributed by atoms with Crippen molar-refractivity contribution in [2.24, 2.45) is 0 Å². The molecule has 132 valence electrons. The summed E-state index contributed by atoms with van der Waals surface area (Å²) in [4.78, 5) is 46.7. The van der Waals surface area contributed by atoms with Crippen LogP contribution in [0.4, 0.5) is 5.95 Å². The predicted octanol–water partition coefficient (Wildman–Crippen LogP) is 2.55. The van der Waals surface area contributed by atoms with Gasteiger partial charge in [-0.05, 0) is 36.6 Å². The highest BCUT2D eigenvalue weighted by atomic mass is 79.9. The number of aromatic nitrogens is 2. The Bertz CT molecular complexity index is 944. The topological polar surface area (TPSA) is 92.3 Å². The molecular formula is C17H12BrClN4O3. The van der Waals surface area contributed by atoms with E-state index in [1.54, 1.807) is 12.1 Å². The van der Waals surface area contributed by atoms with E-state index in [1.165, 1.54) is 12.4 Å². The highest BCUT2D eigenvalue weighted by Crippen LogP contribution is 2.53. The zero-order chi connectivity index (χ0) is 18.5. The first kappa shape index (κ1) is 17.1. The summed E-state index contributed by atoms with van der Waals surface area (Å²) in [5.41, 5.74) is 0.504. The molecule has 1 spiro atoms. The van der Waals surface area contributed by atoms with Gasteiger partial charge in [-0.2, -0.15) is 0 Å². The minimum Gasteiger partial charge on any atom is -0.293 e. The molecule has 0 unspecified atom stereocenters. The van der Waals surface area contributed by atoms with Gasteiger partial charge in [-0.3, -0.25) is 24.6 Å². The second kappa shape index (κ2) is 6.14. The number of imide groups is 1. The number of benzene rings is 1. The van der Waals surface area contributed by atoms with E-state index in [0.717, 1.165) is 14.9 Å². The van der Waals surface area contributed by atoms with Crippen molar-refractivity contribution in [3.8, 4) is 0 Å². The van der Waals surface area contributed by atoms with Crippen molar-refractivity contribution in [2.75, 3.05) is 11.9 Å². The lowest BCUT2D eigenvalue weighted by Crippen LogP contribution is -2.51. The Balaban J connectivity index is 1.58. The number of hydrogen-bond acceptors (Lipinski definition) is 5. The first-order valence-electron chi connectivity index (χ1n) is 7.84. The molecular weight excluding hydrogens is 424 g/mol.